The van der Waals surface area contributed by atoms with E-state index in [0.717, 1.165) is 23.5 Å². The predicted molar refractivity (Wildman–Crippen MR) is 125 cm³/mol. The number of morpholine rings is 1. The molecule has 1 aliphatic heterocycles. The molecule has 0 spiro atoms. The van der Waals surface area contributed by atoms with Crippen molar-refractivity contribution in [2.24, 2.45) is 7.05 Å². The molecule has 4 aromatic rings. The summed E-state index contributed by atoms with van der Waals surface area (Å²) in [7, 11) is 3.46. The number of nitrogens with zero attached hydrogens (tertiary/aromatic N) is 6. The van der Waals surface area contributed by atoms with Crippen LogP contribution < -0.4 is 14.8 Å². The largest absolute Gasteiger partial charge is 0.480 e. The standard InChI is InChI=1S/C24H25N7O3/c1-15-21(34-17-6-7-26-20(10-17)16-11-28-31(2)14-16)5-4-19(29-15)18-12-27-23(30-24(18)32-3)22-13-25-8-9-33-22/h4-7,10-12,14,22,25H,8-9,13H2,1-3H3. The summed E-state index contributed by atoms with van der Waals surface area (Å²) >= 11 is 0. The SMILES string of the molecule is COc1nc(C2CNCCO2)ncc1-c1ccc(Oc2ccnc(-c3cnn(C)c3)c2)c(C)n1. The van der Waals surface area contributed by atoms with Gasteiger partial charge in [0.15, 0.2) is 5.82 Å². The highest BCUT2D eigenvalue weighted by Crippen LogP contribution is 2.32. The average molecular weight is 460 g/mol. The Balaban J connectivity index is 1.38. The van der Waals surface area contributed by atoms with E-state index in [2.05, 4.69) is 25.4 Å². The Bertz CT molecular complexity index is 1300. The average Bonchev–Trinajstić information content (AvgIpc) is 3.32. The molecule has 1 atom stereocenters. The normalized spacial score (nSPS) is 15.8. The molecule has 5 heterocycles. The van der Waals surface area contributed by atoms with E-state index in [0.29, 0.717) is 47.6 Å². The van der Waals surface area contributed by atoms with Gasteiger partial charge in [0.2, 0.25) is 5.88 Å². The first-order valence-electron chi connectivity index (χ1n) is 10.9. The van der Waals surface area contributed by atoms with E-state index in [1.807, 2.05) is 44.4 Å². The van der Waals surface area contributed by atoms with E-state index in [1.165, 1.54) is 0 Å². The summed E-state index contributed by atoms with van der Waals surface area (Å²) in [5.74, 6) is 2.35. The number of ether oxygens (including phenoxy) is 3. The Morgan fingerprint density at radius 3 is 2.76 bits per heavy atom. The number of rotatable bonds is 6. The molecule has 0 radical (unpaired) electrons. The summed E-state index contributed by atoms with van der Waals surface area (Å²) in [6.07, 6.45) is 6.92. The zero-order chi connectivity index (χ0) is 23.5. The van der Waals surface area contributed by atoms with Crippen molar-refractivity contribution in [2.75, 3.05) is 26.8 Å². The van der Waals surface area contributed by atoms with Gasteiger partial charge in [-0.15, -0.1) is 0 Å². The fourth-order valence-corrected chi connectivity index (χ4v) is 3.72. The van der Waals surface area contributed by atoms with Crippen molar-refractivity contribution in [3.8, 4) is 39.9 Å². The first kappa shape index (κ1) is 21.9. The molecule has 0 amide bonds. The molecule has 10 nitrogen and oxygen atoms in total. The molecule has 1 N–H and O–H groups in total. The lowest BCUT2D eigenvalue weighted by Gasteiger charge is -2.22. The van der Waals surface area contributed by atoms with Crippen LogP contribution in [0.2, 0.25) is 0 Å². The summed E-state index contributed by atoms with van der Waals surface area (Å²) in [5.41, 5.74) is 3.83. The molecule has 0 bridgehead atoms. The molecule has 0 aliphatic carbocycles. The Hall–Kier alpha value is -3.89. The molecule has 174 valence electrons. The van der Waals surface area contributed by atoms with Gasteiger partial charge in [-0.2, -0.15) is 10.1 Å². The first-order valence-corrected chi connectivity index (χ1v) is 10.9. The molecule has 1 saturated heterocycles. The highest BCUT2D eigenvalue weighted by molar-refractivity contribution is 5.65. The van der Waals surface area contributed by atoms with Crippen LogP contribution in [0.5, 0.6) is 17.4 Å². The lowest BCUT2D eigenvalue weighted by Crippen LogP contribution is -2.34. The first-order chi connectivity index (χ1) is 16.6. The zero-order valence-corrected chi connectivity index (χ0v) is 19.2. The molecular formula is C24H25N7O3. The van der Waals surface area contributed by atoms with Crippen molar-refractivity contribution in [3.05, 3.63) is 60.6 Å². The molecule has 1 fully saturated rings. The van der Waals surface area contributed by atoms with Crippen molar-refractivity contribution in [3.63, 3.8) is 0 Å². The van der Waals surface area contributed by atoms with Crippen LogP contribution in [0.25, 0.3) is 22.5 Å². The minimum Gasteiger partial charge on any atom is -0.480 e. The highest BCUT2D eigenvalue weighted by atomic mass is 16.5. The smallest absolute Gasteiger partial charge is 0.226 e. The lowest BCUT2D eigenvalue weighted by atomic mass is 10.2. The number of hydrogen-bond donors (Lipinski definition) is 1. The molecule has 10 heteroatoms. The molecule has 1 aliphatic rings. The number of aryl methyl sites for hydroxylation is 2. The fraction of sp³-hybridized carbons (Fsp3) is 0.292. The van der Waals surface area contributed by atoms with Gasteiger partial charge in [0.1, 0.15) is 17.6 Å². The predicted octanol–water partition coefficient (Wildman–Crippen LogP) is 3.10. The van der Waals surface area contributed by atoms with Gasteiger partial charge >= 0.3 is 0 Å². The number of hydrogen-bond acceptors (Lipinski definition) is 9. The fourth-order valence-electron chi connectivity index (χ4n) is 3.72. The zero-order valence-electron chi connectivity index (χ0n) is 19.2. The Kier molecular flexibility index (Phi) is 6.15. The van der Waals surface area contributed by atoms with Gasteiger partial charge in [-0.05, 0) is 25.1 Å². The summed E-state index contributed by atoms with van der Waals surface area (Å²) in [5, 5.41) is 7.48. The number of nitrogens with one attached hydrogen (secondary N) is 1. The second-order valence-electron chi connectivity index (χ2n) is 7.88. The van der Waals surface area contributed by atoms with Gasteiger partial charge in [0, 0.05) is 50.4 Å². The van der Waals surface area contributed by atoms with Crippen molar-refractivity contribution in [1.82, 2.24) is 35.0 Å². The molecule has 0 saturated carbocycles. The Morgan fingerprint density at radius 2 is 2.03 bits per heavy atom. The van der Waals surface area contributed by atoms with Gasteiger partial charge in [0.05, 0.1) is 42.6 Å². The van der Waals surface area contributed by atoms with Crippen LogP contribution in [0.3, 0.4) is 0 Å². The van der Waals surface area contributed by atoms with Crippen LogP contribution in [0, 0.1) is 6.92 Å². The Morgan fingerprint density at radius 1 is 1.12 bits per heavy atom. The monoisotopic (exact) mass is 459 g/mol. The Labute approximate surface area is 197 Å². The third-order valence-corrected chi connectivity index (χ3v) is 5.45. The van der Waals surface area contributed by atoms with E-state index in [1.54, 1.807) is 30.4 Å². The number of pyridine rings is 2. The van der Waals surface area contributed by atoms with Crippen LogP contribution in [-0.4, -0.2) is 56.5 Å². The number of methoxy groups -OCH3 is 1. The molecule has 4 aromatic heterocycles. The molecule has 1 unspecified atom stereocenters. The molecule has 5 rings (SSSR count). The second-order valence-corrected chi connectivity index (χ2v) is 7.88. The molecule has 0 aromatic carbocycles. The van der Waals surface area contributed by atoms with E-state index in [4.69, 9.17) is 19.2 Å². The summed E-state index contributed by atoms with van der Waals surface area (Å²) in [6.45, 7) is 4.02. The van der Waals surface area contributed by atoms with Crippen LogP contribution in [0.1, 0.15) is 17.6 Å². The lowest BCUT2D eigenvalue weighted by molar-refractivity contribution is 0.0218. The number of aromatic nitrogens is 6. The van der Waals surface area contributed by atoms with Gasteiger partial charge in [-0.3, -0.25) is 9.67 Å². The summed E-state index contributed by atoms with van der Waals surface area (Å²) in [4.78, 5) is 18.2. The highest BCUT2D eigenvalue weighted by Gasteiger charge is 2.21. The topological polar surface area (TPSA) is 109 Å². The van der Waals surface area contributed by atoms with Crippen LogP contribution >= 0.6 is 0 Å². The minimum atomic E-state index is -0.195. The van der Waals surface area contributed by atoms with Crippen LogP contribution in [0.15, 0.2) is 49.1 Å². The van der Waals surface area contributed by atoms with E-state index >= 15 is 0 Å². The van der Waals surface area contributed by atoms with Gasteiger partial charge in [-0.1, -0.05) is 0 Å². The van der Waals surface area contributed by atoms with E-state index < -0.39 is 0 Å². The van der Waals surface area contributed by atoms with Gasteiger partial charge in [-0.25, -0.2) is 9.97 Å². The van der Waals surface area contributed by atoms with Crippen molar-refractivity contribution in [2.45, 2.75) is 13.0 Å². The van der Waals surface area contributed by atoms with Crippen molar-refractivity contribution < 1.29 is 14.2 Å². The van der Waals surface area contributed by atoms with E-state index in [9.17, 15) is 0 Å². The van der Waals surface area contributed by atoms with Gasteiger partial charge in [0.25, 0.3) is 0 Å². The quantitative estimate of drug-likeness (QED) is 0.465. The summed E-state index contributed by atoms with van der Waals surface area (Å²) in [6, 6.07) is 7.43. The second kappa shape index (κ2) is 9.54. The third-order valence-electron chi connectivity index (χ3n) is 5.45. The van der Waals surface area contributed by atoms with Crippen LogP contribution in [0.4, 0.5) is 0 Å². The third kappa shape index (κ3) is 4.59. The molecule has 34 heavy (non-hydrogen) atoms. The van der Waals surface area contributed by atoms with Crippen molar-refractivity contribution in [1.29, 1.82) is 0 Å². The minimum absolute atomic E-state index is 0.195. The summed E-state index contributed by atoms with van der Waals surface area (Å²) < 4.78 is 19.1. The maximum Gasteiger partial charge on any atom is 0.226 e. The van der Waals surface area contributed by atoms with E-state index in [-0.39, 0.29) is 6.10 Å². The van der Waals surface area contributed by atoms with Crippen molar-refractivity contribution >= 4 is 0 Å². The maximum absolute atomic E-state index is 6.11. The molecular weight excluding hydrogens is 434 g/mol. The van der Waals surface area contributed by atoms with Gasteiger partial charge < -0.3 is 19.5 Å². The van der Waals surface area contributed by atoms with Crippen LogP contribution in [-0.2, 0) is 11.8 Å². The maximum atomic E-state index is 6.11.